The third-order valence-corrected chi connectivity index (χ3v) is 4.78. The minimum Gasteiger partial charge on any atom is -0.478 e. The quantitative estimate of drug-likeness (QED) is 0.767. The number of hydrogen-bond acceptors (Lipinski definition) is 5. The molecule has 1 aliphatic heterocycles. The summed E-state index contributed by atoms with van der Waals surface area (Å²) in [5.74, 6) is -1.11. The highest BCUT2D eigenvalue weighted by molar-refractivity contribution is 9.10. The lowest BCUT2D eigenvalue weighted by atomic mass is 10.1. The molecule has 1 aromatic rings. The maximum atomic E-state index is 12.1. The highest BCUT2D eigenvalue weighted by Gasteiger charge is 2.21. The fraction of sp³-hybridized carbons (Fsp3) is 0.556. The van der Waals surface area contributed by atoms with Crippen molar-refractivity contribution in [1.82, 2.24) is 9.80 Å². The molecule has 7 nitrogen and oxygen atoms in total. The number of aromatic carboxylic acids is 1. The van der Waals surface area contributed by atoms with Gasteiger partial charge in [0.2, 0.25) is 0 Å². The molecule has 1 amide bonds. The molecule has 1 fully saturated rings. The zero-order valence-corrected chi connectivity index (χ0v) is 17.2. The second-order valence-electron chi connectivity index (χ2n) is 7.50. The van der Waals surface area contributed by atoms with Gasteiger partial charge in [-0.05, 0) is 45.5 Å². The van der Waals surface area contributed by atoms with Crippen LogP contribution >= 0.6 is 15.9 Å². The van der Waals surface area contributed by atoms with Gasteiger partial charge in [0.15, 0.2) is 0 Å². The third-order valence-electron chi connectivity index (χ3n) is 4.04. The Kier molecular flexibility index (Phi) is 6.65. The van der Waals surface area contributed by atoms with E-state index in [2.05, 4.69) is 38.1 Å². The predicted octanol–water partition coefficient (Wildman–Crippen LogP) is 3.24. The summed E-state index contributed by atoms with van der Waals surface area (Å²) in [5.41, 5.74) is 0.514. The Balaban J connectivity index is 2.22. The van der Waals surface area contributed by atoms with Crippen LogP contribution in [0.25, 0.3) is 0 Å². The van der Waals surface area contributed by atoms with Crippen molar-refractivity contribution in [3.05, 3.63) is 27.7 Å². The molecule has 0 aromatic heterocycles. The third kappa shape index (κ3) is 5.96. The molecular weight excluding hydrogens is 402 g/mol. The Hall–Kier alpha value is -1.64. The van der Waals surface area contributed by atoms with Crippen molar-refractivity contribution in [2.75, 3.05) is 38.5 Å². The average Bonchev–Trinajstić information content (AvgIpc) is 2.50. The lowest BCUT2D eigenvalue weighted by molar-refractivity contribution is 0.0636. The van der Waals surface area contributed by atoms with Gasteiger partial charge in [-0.25, -0.2) is 9.59 Å². The van der Waals surface area contributed by atoms with Crippen molar-refractivity contribution in [3.63, 3.8) is 0 Å². The number of anilines is 1. The van der Waals surface area contributed by atoms with Gasteiger partial charge < -0.3 is 14.7 Å². The van der Waals surface area contributed by atoms with Crippen LogP contribution in [0.1, 0.15) is 36.7 Å². The normalized spacial score (nSPS) is 16.3. The molecule has 1 saturated heterocycles. The summed E-state index contributed by atoms with van der Waals surface area (Å²) in [6.45, 7) is 9.82. The zero-order chi connectivity index (χ0) is 19.5. The van der Waals surface area contributed by atoms with Crippen molar-refractivity contribution in [2.24, 2.45) is 0 Å². The van der Waals surface area contributed by atoms with Crippen LogP contribution < -0.4 is 5.32 Å². The Labute approximate surface area is 162 Å². The number of rotatable bonds is 4. The van der Waals surface area contributed by atoms with Gasteiger partial charge in [-0.3, -0.25) is 10.2 Å². The summed E-state index contributed by atoms with van der Waals surface area (Å²) in [6.07, 6.45) is -0.673. The Morgan fingerprint density at radius 3 is 2.38 bits per heavy atom. The van der Waals surface area contributed by atoms with E-state index in [4.69, 9.17) is 4.74 Å². The SMILES string of the molecule is CN1CCN(Cc2cc(NC(=O)OC(C)(C)C)c(C(=O)O)cc2Br)CC1. The molecule has 2 rings (SSSR count). The first kappa shape index (κ1) is 20.7. The second-order valence-corrected chi connectivity index (χ2v) is 8.36. The number of hydrogen-bond donors (Lipinski definition) is 2. The van der Waals surface area contributed by atoms with Gasteiger partial charge in [0, 0.05) is 37.2 Å². The van der Waals surface area contributed by atoms with Crippen LogP contribution in [0.4, 0.5) is 10.5 Å². The van der Waals surface area contributed by atoms with Crippen molar-refractivity contribution >= 4 is 33.7 Å². The standard InChI is InChI=1S/C18H26BrN3O4/c1-18(2,3)26-17(25)20-15-9-12(14(19)10-13(15)16(23)24)11-22-7-5-21(4)6-8-22/h9-10H,5-8,11H2,1-4H3,(H,20,25)(H,23,24). The number of benzene rings is 1. The number of amides is 1. The first-order chi connectivity index (χ1) is 12.0. The molecule has 0 radical (unpaired) electrons. The van der Waals surface area contributed by atoms with E-state index in [-0.39, 0.29) is 11.3 Å². The number of nitrogens with zero attached hydrogens (tertiary/aromatic N) is 2. The minimum atomic E-state index is -1.11. The van der Waals surface area contributed by atoms with Crippen LogP contribution in [0.3, 0.4) is 0 Å². The van der Waals surface area contributed by atoms with Gasteiger partial charge in [-0.1, -0.05) is 15.9 Å². The Morgan fingerprint density at radius 1 is 1.23 bits per heavy atom. The molecule has 0 aliphatic carbocycles. The van der Waals surface area contributed by atoms with Gasteiger partial charge in [0.1, 0.15) is 5.60 Å². The molecule has 8 heteroatoms. The molecule has 0 spiro atoms. The minimum absolute atomic E-state index is 0.0184. The van der Waals surface area contributed by atoms with E-state index in [1.807, 2.05) is 0 Å². The van der Waals surface area contributed by atoms with E-state index in [0.717, 1.165) is 31.7 Å². The highest BCUT2D eigenvalue weighted by atomic mass is 79.9. The van der Waals surface area contributed by atoms with Crippen molar-refractivity contribution < 1.29 is 19.4 Å². The van der Waals surface area contributed by atoms with E-state index in [1.165, 1.54) is 6.07 Å². The monoisotopic (exact) mass is 427 g/mol. The number of ether oxygens (including phenoxy) is 1. The van der Waals surface area contributed by atoms with Crippen molar-refractivity contribution in [1.29, 1.82) is 0 Å². The number of nitrogens with one attached hydrogen (secondary N) is 1. The number of carbonyl (C=O) groups is 2. The van der Waals surface area contributed by atoms with Crippen LogP contribution in [0.15, 0.2) is 16.6 Å². The Bertz CT molecular complexity index is 680. The molecule has 1 heterocycles. The van der Waals surface area contributed by atoms with Gasteiger partial charge in [-0.2, -0.15) is 0 Å². The molecule has 0 bridgehead atoms. The highest BCUT2D eigenvalue weighted by Crippen LogP contribution is 2.28. The van der Waals surface area contributed by atoms with E-state index < -0.39 is 17.7 Å². The lowest BCUT2D eigenvalue weighted by Gasteiger charge is -2.32. The maximum absolute atomic E-state index is 12.1. The van der Waals surface area contributed by atoms with Crippen LogP contribution in [0.5, 0.6) is 0 Å². The molecule has 0 saturated carbocycles. The maximum Gasteiger partial charge on any atom is 0.412 e. The van der Waals surface area contributed by atoms with Crippen molar-refractivity contribution in [2.45, 2.75) is 32.9 Å². The van der Waals surface area contributed by atoms with Crippen LogP contribution in [0, 0.1) is 0 Å². The summed E-state index contributed by atoms with van der Waals surface area (Å²) in [7, 11) is 2.10. The molecule has 1 aliphatic rings. The number of carboxylic acids is 1. The summed E-state index contributed by atoms with van der Waals surface area (Å²) in [4.78, 5) is 28.2. The average molecular weight is 428 g/mol. The molecule has 0 atom stereocenters. The molecule has 144 valence electrons. The van der Waals surface area contributed by atoms with Gasteiger partial charge in [-0.15, -0.1) is 0 Å². The summed E-state index contributed by atoms with van der Waals surface area (Å²) in [6, 6.07) is 3.23. The van der Waals surface area contributed by atoms with E-state index in [1.54, 1.807) is 26.8 Å². The summed E-state index contributed by atoms with van der Waals surface area (Å²) < 4.78 is 5.95. The second kappa shape index (κ2) is 8.37. The van der Waals surface area contributed by atoms with Gasteiger partial charge in [0.05, 0.1) is 11.3 Å². The molecular formula is C18H26BrN3O4. The van der Waals surface area contributed by atoms with Crippen LogP contribution in [0.2, 0.25) is 0 Å². The van der Waals surface area contributed by atoms with E-state index in [0.29, 0.717) is 11.0 Å². The molecule has 26 heavy (non-hydrogen) atoms. The van der Waals surface area contributed by atoms with Crippen LogP contribution in [-0.2, 0) is 11.3 Å². The van der Waals surface area contributed by atoms with E-state index in [9.17, 15) is 14.7 Å². The molecule has 0 unspecified atom stereocenters. The van der Waals surface area contributed by atoms with Crippen LogP contribution in [-0.4, -0.2) is 65.8 Å². The first-order valence-corrected chi connectivity index (χ1v) is 9.31. The first-order valence-electron chi connectivity index (χ1n) is 8.52. The summed E-state index contributed by atoms with van der Waals surface area (Å²) in [5, 5.41) is 12.0. The van der Waals surface area contributed by atoms with Crippen molar-refractivity contribution in [3.8, 4) is 0 Å². The number of carbonyl (C=O) groups excluding carboxylic acids is 1. The molecule has 1 aromatic carbocycles. The van der Waals surface area contributed by atoms with Gasteiger partial charge >= 0.3 is 12.1 Å². The largest absolute Gasteiger partial charge is 0.478 e. The number of piperazine rings is 1. The zero-order valence-electron chi connectivity index (χ0n) is 15.6. The lowest BCUT2D eigenvalue weighted by Crippen LogP contribution is -2.43. The predicted molar refractivity (Wildman–Crippen MR) is 104 cm³/mol. The van der Waals surface area contributed by atoms with E-state index >= 15 is 0 Å². The fourth-order valence-electron chi connectivity index (χ4n) is 2.68. The topological polar surface area (TPSA) is 82.1 Å². The number of halogens is 1. The number of likely N-dealkylation sites (N-methyl/N-ethyl adjacent to an activating group) is 1. The molecule has 2 N–H and O–H groups in total. The fourth-order valence-corrected chi connectivity index (χ4v) is 3.15. The Morgan fingerprint density at radius 2 is 1.85 bits per heavy atom. The summed E-state index contributed by atoms with van der Waals surface area (Å²) >= 11 is 3.46. The smallest absolute Gasteiger partial charge is 0.412 e. The number of carboxylic acid groups (broad SMARTS) is 1. The van der Waals surface area contributed by atoms with Gasteiger partial charge in [0.25, 0.3) is 0 Å².